The van der Waals surface area contributed by atoms with Crippen molar-refractivity contribution in [1.82, 2.24) is 5.32 Å². The Labute approximate surface area is 121 Å². The van der Waals surface area contributed by atoms with Crippen LogP contribution in [0.25, 0.3) is 0 Å². The lowest BCUT2D eigenvalue weighted by Crippen LogP contribution is -2.35. The third kappa shape index (κ3) is 4.10. The monoisotopic (exact) mass is 298 g/mol. The second-order valence-corrected chi connectivity index (χ2v) is 5.45. The summed E-state index contributed by atoms with van der Waals surface area (Å²) in [4.78, 5) is 22.4. The molecule has 1 aromatic carbocycles. The Bertz CT molecular complexity index is 496. The summed E-state index contributed by atoms with van der Waals surface area (Å²) < 4.78 is 0. The van der Waals surface area contributed by atoms with Gasteiger partial charge in [-0.05, 0) is 18.7 Å². The van der Waals surface area contributed by atoms with Crippen molar-refractivity contribution in [2.75, 3.05) is 16.9 Å². The summed E-state index contributed by atoms with van der Waals surface area (Å²) in [5.41, 5.74) is 2.19. The number of nitrogens with zero attached hydrogens (tertiary/aromatic N) is 1. The molecule has 0 heterocycles. The number of rotatable bonds is 7. The van der Waals surface area contributed by atoms with Gasteiger partial charge in [-0.1, -0.05) is 13.0 Å². The van der Waals surface area contributed by atoms with Crippen LogP contribution < -0.4 is 16.6 Å². The molecule has 0 spiro atoms. The van der Waals surface area contributed by atoms with Gasteiger partial charge in [0.05, 0.1) is 10.5 Å². The fraction of sp³-hybridized carbons (Fsp3) is 0.417. The van der Waals surface area contributed by atoms with Gasteiger partial charge in [0.25, 0.3) is 11.6 Å². The summed E-state index contributed by atoms with van der Waals surface area (Å²) in [5.74, 6) is 6.66. The van der Waals surface area contributed by atoms with Gasteiger partial charge in [0.15, 0.2) is 0 Å². The number of anilines is 1. The molecule has 0 saturated carbocycles. The quantitative estimate of drug-likeness (QED) is 0.402. The van der Waals surface area contributed by atoms with Crippen LogP contribution in [-0.4, -0.2) is 28.4 Å². The van der Waals surface area contributed by atoms with E-state index in [-0.39, 0.29) is 28.9 Å². The highest BCUT2D eigenvalue weighted by Gasteiger charge is 2.21. The van der Waals surface area contributed by atoms with E-state index in [4.69, 9.17) is 5.84 Å². The van der Waals surface area contributed by atoms with Gasteiger partial charge in [0, 0.05) is 17.9 Å². The van der Waals surface area contributed by atoms with Crippen molar-refractivity contribution in [3.63, 3.8) is 0 Å². The minimum atomic E-state index is -0.581. The molecule has 0 aliphatic carbocycles. The summed E-state index contributed by atoms with van der Waals surface area (Å²) in [6.07, 6.45) is 0. The Morgan fingerprint density at radius 1 is 1.55 bits per heavy atom. The molecule has 0 fully saturated rings. The number of nitro benzene ring substituents is 1. The van der Waals surface area contributed by atoms with Gasteiger partial charge in [-0.2, -0.15) is 11.8 Å². The molecule has 0 radical (unpaired) electrons. The predicted molar refractivity (Wildman–Crippen MR) is 80.8 cm³/mol. The first-order valence-electron chi connectivity index (χ1n) is 6.13. The minimum absolute atomic E-state index is 0.0188. The molecule has 1 unspecified atom stereocenters. The first-order chi connectivity index (χ1) is 9.51. The molecule has 110 valence electrons. The molecule has 4 N–H and O–H groups in total. The summed E-state index contributed by atoms with van der Waals surface area (Å²) >= 11 is 1.71. The van der Waals surface area contributed by atoms with Crippen LogP contribution in [0, 0.1) is 10.1 Å². The van der Waals surface area contributed by atoms with Gasteiger partial charge >= 0.3 is 0 Å². The Balaban J connectivity index is 2.93. The van der Waals surface area contributed by atoms with Crippen LogP contribution in [0.5, 0.6) is 0 Å². The highest BCUT2D eigenvalue weighted by molar-refractivity contribution is 7.99. The second kappa shape index (κ2) is 7.71. The van der Waals surface area contributed by atoms with Crippen LogP contribution >= 0.6 is 11.8 Å². The number of hydrogen-bond acceptors (Lipinski definition) is 6. The van der Waals surface area contributed by atoms with E-state index < -0.39 is 4.92 Å². The number of carbonyl (C=O) groups is 1. The molecule has 1 rings (SSSR count). The maximum atomic E-state index is 12.1. The van der Waals surface area contributed by atoms with E-state index in [9.17, 15) is 14.9 Å². The zero-order chi connectivity index (χ0) is 15.1. The number of carbonyl (C=O) groups excluding carboxylic acids is 1. The van der Waals surface area contributed by atoms with Crippen molar-refractivity contribution in [3.8, 4) is 0 Å². The highest BCUT2D eigenvalue weighted by Crippen LogP contribution is 2.27. The number of benzene rings is 1. The third-order valence-corrected chi connectivity index (χ3v) is 3.72. The number of para-hydroxylation sites is 1. The molecular formula is C12H18N4O3S. The number of nitro groups is 1. The van der Waals surface area contributed by atoms with Crippen LogP contribution in [0.2, 0.25) is 0 Å². The van der Waals surface area contributed by atoms with Crippen molar-refractivity contribution in [2.45, 2.75) is 19.9 Å². The number of nitrogen functional groups attached to an aromatic ring is 1. The third-order valence-electron chi connectivity index (χ3n) is 2.58. The Morgan fingerprint density at radius 2 is 2.25 bits per heavy atom. The summed E-state index contributed by atoms with van der Waals surface area (Å²) in [6.45, 7) is 3.92. The molecule has 8 heteroatoms. The van der Waals surface area contributed by atoms with Crippen molar-refractivity contribution < 1.29 is 9.72 Å². The summed E-state index contributed by atoms with van der Waals surface area (Å²) in [7, 11) is 0. The summed E-state index contributed by atoms with van der Waals surface area (Å²) in [6, 6.07) is 4.22. The number of hydrogen-bond donors (Lipinski definition) is 3. The Morgan fingerprint density at radius 3 is 2.80 bits per heavy atom. The molecule has 1 atom stereocenters. The molecule has 0 saturated heterocycles. The van der Waals surface area contributed by atoms with E-state index in [0.29, 0.717) is 0 Å². The molecule has 1 amide bonds. The van der Waals surface area contributed by atoms with Crippen LogP contribution in [0.1, 0.15) is 24.2 Å². The maximum absolute atomic E-state index is 12.1. The molecule has 0 bridgehead atoms. The first-order valence-corrected chi connectivity index (χ1v) is 7.29. The molecule has 0 aromatic heterocycles. The van der Waals surface area contributed by atoms with Crippen LogP contribution in [-0.2, 0) is 0 Å². The van der Waals surface area contributed by atoms with Crippen LogP contribution in [0.4, 0.5) is 11.4 Å². The SMILES string of the molecule is CCSCC(C)NC(=O)c1cccc([N+](=O)[O-])c1NN. The lowest BCUT2D eigenvalue weighted by atomic mass is 10.1. The topological polar surface area (TPSA) is 110 Å². The molecule has 7 nitrogen and oxygen atoms in total. The van der Waals surface area contributed by atoms with E-state index in [1.165, 1.54) is 18.2 Å². The average Bonchev–Trinajstić information content (AvgIpc) is 2.43. The number of nitrogens with two attached hydrogens (primary N) is 1. The largest absolute Gasteiger partial charge is 0.349 e. The van der Waals surface area contributed by atoms with E-state index in [1.54, 1.807) is 11.8 Å². The van der Waals surface area contributed by atoms with Gasteiger partial charge in [-0.3, -0.25) is 20.8 Å². The van der Waals surface area contributed by atoms with Crippen molar-refractivity contribution in [1.29, 1.82) is 0 Å². The fourth-order valence-corrected chi connectivity index (χ4v) is 2.34. The molecular weight excluding hydrogens is 280 g/mol. The minimum Gasteiger partial charge on any atom is -0.349 e. The van der Waals surface area contributed by atoms with Crippen molar-refractivity contribution in [3.05, 3.63) is 33.9 Å². The summed E-state index contributed by atoms with van der Waals surface area (Å²) in [5, 5.41) is 13.7. The number of thioether (sulfide) groups is 1. The molecule has 1 aromatic rings. The number of nitrogens with one attached hydrogen (secondary N) is 2. The van der Waals surface area contributed by atoms with E-state index in [2.05, 4.69) is 10.7 Å². The highest BCUT2D eigenvalue weighted by atomic mass is 32.2. The average molecular weight is 298 g/mol. The van der Waals surface area contributed by atoms with E-state index >= 15 is 0 Å². The van der Waals surface area contributed by atoms with Gasteiger partial charge in [-0.25, -0.2) is 0 Å². The Kier molecular flexibility index (Phi) is 6.26. The van der Waals surface area contributed by atoms with Crippen LogP contribution in [0.15, 0.2) is 18.2 Å². The zero-order valence-corrected chi connectivity index (χ0v) is 12.2. The smallest absolute Gasteiger partial charge is 0.294 e. The van der Waals surface area contributed by atoms with Crippen LogP contribution in [0.3, 0.4) is 0 Å². The lowest BCUT2D eigenvalue weighted by Gasteiger charge is -2.15. The molecule has 0 aliphatic rings. The van der Waals surface area contributed by atoms with Gasteiger partial charge in [-0.15, -0.1) is 0 Å². The van der Waals surface area contributed by atoms with Gasteiger partial charge in [0.1, 0.15) is 5.69 Å². The molecule has 0 aliphatic heterocycles. The number of amides is 1. The standard InChI is InChI=1S/C12H18N4O3S/c1-3-20-7-8(2)14-12(17)9-5-4-6-10(16(18)19)11(9)15-13/h4-6,8,15H,3,7,13H2,1-2H3,(H,14,17). The van der Waals surface area contributed by atoms with E-state index in [0.717, 1.165) is 11.5 Å². The van der Waals surface area contributed by atoms with Gasteiger partial charge in [0.2, 0.25) is 0 Å². The second-order valence-electron chi connectivity index (χ2n) is 4.14. The molecule has 20 heavy (non-hydrogen) atoms. The normalized spacial score (nSPS) is 11.8. The predicted octanol–water partition coefficient (Wildman–Crippen LogP) is 1.75. The maximum Gasteiger partial charge on any atom is 0.294 e. The lowest BCUT2D eigenvalue weighted by molar-refractivity contribution is -0.384. The van der Waals surface area contributed by atoms with Crippen molar-refractivity contribution in [2.24, 2.45) is 5.84 Å². The zero-order valence-electron chi connectivity index (χ0n) is 11.4. The van der Waals surface area contributed by atoms with E-state index in [1.807, 2.05) is 13.8 Å². The Hall–Kier alpha value is -1.80. The van der Waals surface area contributed by atoms with Crippen molar-refractivity contribution >= 4 is 29.0 Å². The first kappa shape index (κ1) is 16.3. The van der Waals surface area contributed by atoms with Gasteiger partial charge < -0.3 is 10.7 Å². The fourth-order valence-electron chi connectivity index (χ4n) is 1.67. The number of hydrazine groups is 1.